The number of nitrogens with zero attached hydrogens (tertiary/aromatic N) is 1. The fourth-order valence-corrected chi connectivity index (χ4v) is 1.72. The van der Waals surface area contributed by atoms with E-state index in [1.165, 1.54) is 7.11 Å². The Morgan fingerprint density at radius 1 is 1.47 bits per heavy atom. The molecule has 0 spiro atoms. The van der Waals surface area contributed by atoms with Gasteiger partial charge in [-0.2, -0.15) is 0 Å². The van der Waals surface area contributed by atoms with Crippen LogP contribution in [0.15, 0.2) is 18.2 Å². The minimum absolute atomic E-state index is 0.276. The lowest BCUT2D eigenvalue weighted by Crippen LogP contribution is -2.30. The summed E-state index contributed by atoms with van der Waals surface area (Å²) in [6, 6.07) is 5.55. The van der Waals surface area contributed by atoms with Crippen LogP contribution in [0.25, 0.3) is 0 Å². The molecular weight excluding hydrogens is 219 g/mol. The number of halogens is 1. The fraction of sp³-hybridized carbons (Fsp3) is 0.538. The largest absolute Gasteiger partial charge is 0.494 e. The lowest BCUT2D eigenvalue weighted by atomic mass is 10.1. The molecule has 1 aromatic carbocycles. The molecule has 1 atom stereocenters. The number of ether oxygens (including phenoxy) is 1. The van der Waals surface area contributed by atoms with Gasteiger partial charge >= 0.3 is 0 Å². The van der Waals surface area contributed by atoms with Crippen LogP contribution in [0, 0.1) is 5.82 Å². The van der Waals surface area contributed by atoms with Gasteiger partial charge in [-0.25, -0.2) is 4.39 Å². The Labute approximate surface area is 102 Å². The van der Waals surface area contributed by atoms with Gasteiger partial charge in [0.1, 0.15) is 0 Å². The third-order valence-electron chi connectivity index (χ3n) is 3.02. The average molecular weight is 240 g/mol. The molecule has 17 heavy (non-hydrogen) atoms. The van der Waals surface area contributed by atoms with Gasteiger partial charge in [0.25, 0.3) is 0 Å². The first-order chi connectivity index (χ1) is 8.10. The predicted molar refractivity (Wildman–Crippen MR) is 67.6 cm³/mol. The number of methoxy groups -OCH3 is 1. The smallest absolute Gasteiger partial charge is 0.169 e. The van der Waals surface area contributed by atoms with E-state index in [1.807, 2.05) is 7.05 Å². The molecule has 1 unspecified atom stereocenters. The molecule has 0 aliphatic heterocycles. The molecule has 4 heteroatoms. The summed E-state index contributed by atoms with van der Waals surface area (Å²) in [6.45, 7) is 3.29. The molecule has 0 saturated carbocycles. The maximum Gasteiger partial charge on any atom is 0.169 e. The summed E-state index contributed by atoms with van der Waals surface area (Å²) in [5, 5.41) is 0. The van der Waals surface area contributed by atoms with Crippen molar-refractivity contribution in [2.45, 2.75) is 25.9 Å². The highest BCUT2D eigenvalue weighted by atomic mass is 19.1. The summed E-state index contributed by atoms with van der Waals surface area (Å²) < 4.78 is 18.9. The van der Waals surface area contributed by atoms with Crippen LogP contribution in [0.1, 0.15) is 18.9 Å². The van der Waals surface area contributed by atoms with E-state index in [2.05, 4.69) is 11.8 Å². The first-order valence-electron chi connectivity index (χ1n) is 5.81. The maximum absolute atomic E-state index is 13.9. The molecule has 96 valence electrons. The highest BCUT2D eigenvalue weighted by molar-refractivity contribution is 5.30. The van der Waals surface area contributed by atoms with Crippen LogP contribution >= 0.6 is 0 Å². The molecule has 0 bridgehead atoms. The summed E-state index contributed by atoms with van der Waals surface area (Å²) in [6.07, 6.45) is 0.905. The Hall–Kier alpha value is -1.13. The SMILES string of the molecule is COc1cccc(CN(C)C(C)CCN)c1F. The summed E-state index contributed by atoms with van der Waals surface area (Å²) in [5.41, 5.74) is 6.16. The van der Waals surface area contributed by atoms with Gasteiger partial charge in [0.05, 0.1) is 7.11 Å². The number of benzene rings is 1. The zero-order valence-corrected chi connectivity index (χ0v) is 10.7. The molecule has 1 aromatic rings. The van der Waals surface area contributed by atoms with E-state index in [0.29, 0.717) is 30.4 Å². The predicted octanol–water partition coefficient (Wildman–Crippen LogP) is 2.00. The van der Waals surface area contributed by atoms with Crippen molar-refractivity contribution in [2.75, 3.05) is 20.7 Å². The lowest BCUT2D eigenvalue weighted by Gasteiger charge is -2.24. The van der Waals surface area contributed by atoms with E-state index in [0.717, 1.165) is 6.42 Å². The Morgan fingerprint density at radius 2 is 2.18 bits per heavy atom. The van der Waals surface area contributed by atoms with Crippen molar-refractivity contribution < 1.29 is 9.13 Å². The first-order valence-corrected chi connectivity index (χ1v) is 5.81. The minimum Gasteiger partial charge on any atom is -0.494 e. The van der Waals surface area contributed by atoms with Crippen LogP contribution in [-0.2, 0) is 6.54 Å². The number of hydrogen-bond donors (Lipinski definition) is 1. The van der Waals surface area contributed by atoms with E-state index >= 15 is 0 Å². The van der Waals surface area contributed by atoms with Crippen molar-refractivity contribution in [3.63, 3.8) is 0 Å². The van der Waals surface area contributed by atoms with E-state index < -0.39 is 0 Å². The average Bonchev–Trinajstić information content (AvgIpc) is 2.32. The van der Waals surface area contributed by atoms with Gasteiger partial charge in [-0.1, -0.05) is 12.1 Å². The van der Waals surface area contributed by atoms with Crippen LogP contribution in [0.5, 0.6) is 5.75 Å². The second-order valence-electron chi connectivity index (χ2n) is 4.27. The Balaban J connectivity index is 2.74. The molecular formula is C13H21FN2O. The van der Waals surface area contributed by atoms with Crippen LogP contribution in [-0.4, -0.2) is 31.6 Å². The molecule has 0 amide bonds. The molecule has 0 radical (unpaired) electrons. The molecule has 3 nitrogen and oxygen atoms in total. The quantitative estimate of drug-likeness (QED) is 0.826. The van der Waals surface area contributed by atoms with Crippen LogP contribution < -0.4 is 10.5 Å². The normalized spacial score (nSPS) is 12.8. The van der Waals surface area contributed by atoms with Crippen molar-refractivity contribution in [1.82, 2.24) is 4.90 Å². The molecule has 0 aromatic heterocycles. The number of rotatable bonds is 6. The Morgan fingerprint density at radius 3 is 2.76 bits per heavy atom. The van der Waals surface area contributed by atoms with Crippen LogP contribution in [0.2, 0.25) is 0 Å². The molecule has 0 saturated heterocycles. The van der Waals surface area contributed by atoms with Crippen LogP contribution in [0.3, 0.4) is 0 Å². The van der Waals surface area contributed by atoms with Gasteiger partial charge in [-0.15, -0.1) is 0 Å². The van der Waals surface area contributed by atoms with Crippen molar-refractivity contribution in [2.24, 2.45) is 5.73 Å². The van der Waals surface area contributed by atoms with Gasteiger partial charge in [-0.3, -0.25) is 4.90 Å². The Bertz CT molecular complexity index is 357. The van der Waals surface area contributed by atoms with E-state index in [-0.39, 0.29) is 5.82 Å². The molecule has 1 rings (SSSR count). The summed E-state index contributed by atoms with van der Waals surface area (Å²) in [5.74, 6) is 0.0178. The third-order valence-corrected chi connectivity index (χ3v) is 3.02. The Kier molecular flexibility index (Phi) is 5.38. The highest BCUT2D eigenvalue weighted by Gasteiger charge is 2.13. The maximum atomic E-state index is 13.9. The van der Waals surface area contributed by atoms with Gasteiger partial charge < -0.3 is 10.5 Å². The van der Waals surface area contributed by atoms with Crippen molar-refractivity contribution >= 4 is 0 Å². The van der Waals surface area contributed by atoms with E-state index in [1.54, 1.807) is 18.2 Å². The van der Waals surface area contributed by atoms with E-state index in [9.17, 15) is 4.39 Å². The zero-order valence-electron chi connectivity index (χ0n) is 10.7. The number of hydrogen-bond acceptors (Lipinski definition) is 3. The number of nitrogens with two attached hydrogens (primary N) is 1. The third kappa shape index (κ3) is 3.68. The molecule has 0 fully saturated rings. The first kappa shape index (κ1) is 13.9. The monoisotopic (exact) mass is 240 g/mol. The van der Waals surface area contributed by atoms with Gasteiger partial charge in [0.15, 0.2) is 11.6 Å². The molecule has 0 aliphatic carbocycles. The van der Waals surface area contributed by atoms with Crippen molar-refractivity contribution in [3.05, 3.63) is 29.6 Å². The van der Waals surface area contributed by atoms with Gasteiger partial charge in [0, 0.05) is 18.2 Å². The summed E-state index contributed by atoms with van der Waals surface area (Å²) in [4.78, 5) is 2.09. The molecule has 2 N–H and O–H groups in total. The standard InChI is InChI=1S/C13H21FN2O/c1-10(7-8-15)16(2)9-11-5-4-6-12(17-3)13(11)14/h4-6,10H,7-9,15H2,1-3H3. The zero-order chi connectivity index (χ0) is 12.8. The molecule has 0 heterocycles. The second-order valence-corrected chi connectivity index (χ2v) is 4.27. The van der Waals surface area contributed by atoms with Gasteiger partial charge in [-0.05, 0) is 33.0 Å². The molecule has 0 aliphatic rings. The topological polar surface area (TPSA) is 38.5 Å². The highest BCUT2D eigenvalue weighted by Crippen LogP contribution is 2.21. The fourth-order valence-electron chi connectivity index (χ4n) is 1.72. The minimum atomic E-state index is -0.276. The summed E-state index contributed by atoms with van der Waals surface area (Å²) in [7, 11) is 3.45. The summed E-state index contributed by atoms with van der Waals surface area (Å²) >= 11 is 0. The van der Waals surface area contributed by atoms with E-state index in [4.69, 9.17) is 10.5 Å². The lowest BCUT2D eigenvalue weighted by molar-refractivity contribution is 0.236. The van der Waals surface area contributed by atoms with Gasteiger partial charge in [0.2, 0.25) is 0 Å². The van der Waals surface area contributed by atoms with Crippen LogP contribution in [0.4, 0.5) is 4.39 Å². The van der Waals surface area contributed by atoms with Crippen molar-refractivity contribution in [3.8, 4) is 5.75 Å². The van der Waals surface area contributed by atoms with Crippen molar-refractivity contribution in [1.29, 1.82) is 0 Å². The second kappa shape index (κ2) is 6.57.